The first-order valence-electron chi connectivity index (χ1n) is 6.68. The van der Waals surface area contributed by atoms with Crippen LogP contribution in [0.4, 0.5) is 5.69 Å². The maximum absolute atomic E-state index is 12.3. The lowest BCUT2D eigenvalue weighted by atomic mass is 9.95. The van der Waals surface area contributed by atoms with E-state index in [9.17, 15) is 4.79 Å². The van der Waals surface area contributed by atoms with E-state index in [2.05, 4.69) is 12.2 Å². The molecular weight excluding hydrogens is 224 g/mol. The van der Waals surface area contributed by atoms with Crippen LogP contribution in [0.25, 0.3) is 0 Å². The summed E-state index contributed by atoms with van der Waals surface area (Å²) in [5, 5.41) is 3.19. The van der Waals surface area contributed by atoms with E-state index in [0.29, 0.717) is 5.69 Å². The van der Waals surface area contributed by atoms with Crippen molar-refractivity contribution in [2.75, 3.05) is 5.73 Å². The predicted molar refractivity (Wildman–Crippen MR) is 74.3 cm³/mol. The fourth-order valence-corrected chi connectivity index (χ4v) is 2.67. The maximum Gasteiger partial charge on any atom is 0.227 e. The van der Waals surface area contributed by atoms with Gasteiger partial charge >= 0.3 is 0 Å². The zero-order valence-electron chi connectivity index (χ0n) is 11.2. The van der Waals surface area contributed by atoms with Gasteiger partial charge in [0.05, 0.1) is 5.92 Å². The summed E-state index contributed by atoms with van der Waals surface area (Å²) in [6, 6.07) is 7.57. The van der Waals surface area contributed by atoms with Crippen molar-refractivity contribution in [3.05, 3.63) is 29.8 Å². The van der Waals surface area contributed by atoms with E-state index >= 15 is 0 Å². The highest BCUT2D eigenvalue weighted by atomic mass is 16.2. The van der Waals surface area contributed by atoms with Gasteiger partial charge in [-0.3, -0.25) is 4.79 Å². The molecule has 0 spiro atoms. The molecule has 0 aromatic heterocycles. The first-order valence-corrected chi connectivity index (χ1v) is 6.68. The minimum absolute atomic E-state index is 0.00827. The largest absolute Gasteiger partial charge is 0.399 e. The number of anilines is 1. The van der Waals surface area contributed by atoms with Crippen molar-refractivity contribution in [2.45, 2.75) is 51.0 Å². The molecule has 3 nitrogen and oxygen atoms in total. The Morgan fingerprint density at radius 3 is 2.67 bits per heavy atom. The summed E-state index contributed by atoms with van der Waals surface area (Å²) >= 11 is 0. The molecule has 1 saturated carbocycles. The number of rotatable bonds is 3. The van der Waals surface area contributed by atoms with Crippen molar-refractivity contribution in [2.24, 2.45) is 0 Å². The molecule has 1 unspecified atom stereocenters. The first kappa shape index (κ1) is 12.9. The summed E-state index contributed by atoms with van der Waals surface area (Å²) in [6.07, 6.45) is 4.59. The third-order valence-corrected chi connectivity index (χ3v) is 3.94. The summed E-state index contributed by atoms with van der Waals surface area (Å²) in [7, 11) is 0. The molecule has 2 rings (SSSR count). The fourth-order valence-electron chi connectivity index (χ4n) is 2.67. The van der Waals surface area contributed by atoms with E-state index in [-0.39, 0.29) is 17.4 Å². The molecule has 0 heterocycles. The van der Waals surface area contributed by atoms with Crippen LogP contribution in [0, 0.1) is 0 Å². The average Bonchev–Trinajstić information content (AvgIpc) is 2.74. The van der Waals surface area contributed by atoms with E-state index in [4.69, 9.17) is 5.73 Å². The van der Waals surface area contributed by atoms with Gasteiger partial charge in [-0.2, -0.15) is 0 Å². The van der Waals surface area contributed by atoms with Gasteiger partial charge in [-0.15, -0.1) is 0 Å². The lowest BCUT2D eigenvalue weighted by molar-refractivity contribution is -0.123. The standard InChI is InChI=1S/C15H22N2O/c1-11(12-6-5-7-13(16)10-12)14(18)17-15(2)8-3-4-9-15/h5-7,10-11H,3-4,8-9,16H2,1-2H3,(H,17,18). The molecule has 1 aliphatic carbocycles. The van der Waals surface area contributed by atoms with Gasteiger partial charge in [-0.1, -0.05) is 25.0 Å². The number of benzene rings is 1. The van der Waals surface area contributed by atoms with Gasteiger partial charge in [0.1, 0.15) is 0 Å². The Hall–Kier alpha value is -1.51. The number of carbonyl (C=O) groups is 1. The van der Waals surface area contributed by atoms with E-state index in [1.54, 1.807) is 0 Å². The van der Waals surface area contributed by atoms with Crippen molar-refractivity contribution in [1.82, 2.24) is 5.32 Å². The molecule has 1 amide bonds. The van der Waals surface area contributed by atoms with Gasteiger partial charge < -0.3 is 11.1 Å². The van der Waals surface area contributed by atoms with Gasteiger partial charge in [0.25, 0.3) is 0 Å². The van der Waals surface area contributed by atoms with Crippen LogP contribution in [0.3, 0.4) is 0 Å². The molecule has 0 aliphatic heterocycles. The van der Waals surface area contributed by atoms with Gasteiger partial charge in [0, 0.05) is 11.2 Å². The summed E-state index contributed by atoms with van der Waals surface area (Å²) < 4.78 is 0. The summed E-state index contributed by atoms with van der Waals surface area (Å²) in [5.41, 5.74) is 7.43. The number of nitrogens with two attached hydrogens (primary N) is 1. The number of hydrogen-bond donors (Lipinski definition) is 2. The zero-order valence-corrected chi connectivity index (χ0v) is 11.2. The number of nitrogen functional groups attached to an aromatic ring is 1. The third-order valence-electron chi connectivity index (χ3n) is 3.94. The van der Waals surface area contributed by atoms with E-state index in [1.807, 2.05) is 31.2 Å². The molecule has 1 fully saturated rings. The molecule has 0 bridgehead atoms. The Labute approximate surface area is 109 Å². The first-order chi connectivity index (χ1) is 8.50. The Bertz CT molecular complexity index is 436. The van der Waals surface area contributed by atoms with Crippen LogP contribution >= 0.6 is 0 Å². The van der Waals surface area contributed by atoms with Crippen LogP contribution in [-0.4, -0.2) is 11.4 Å². The Morgan fingerprint density at radius 1 is 1.39 bits per heavy atom. The van der Waals surface area contributed by atoms with E-state index < -0.39 is 0 Å². The minimum Gasteiger partial charge on any atom is -0.399 e. The third kappa shape index (κ3) is 2.84. The average molecular weight is 246 g/mol. The van der Waals surface area contributed by atoms with Crippen LogP contribution in [0.5, 0.6) is 0 Å². The number of hydrogen-bond acceptors (Lipinski definition) is 2. The molecule has 3 N–H and O–H groups in total. The number of nitrogens with one attached hydrogen (secondary N) is 1. The molecule has 1 aromatic rings. The van der Waals surface area contributed by atoms with Gasteiger partial charge in [0.15, 0.2) is 0 Å². The second-order valence-electron chi connectivity index (χ2n) is 5.65. The van der Waals surface area contributed by atoms with Gasteiger partial charge in [-0.05, 0) is 44.4 Å². The topological polar surface area (TPSA) is 55.1 Å². The maximum atomic E-state index is 12.3. The smallest absolute Gasteiger partial charge is 0.227 e. The normalized spacial score (nSPS) is 19.4. The number of amides is 1. The Kier molecular flexibility index (Phi) is 3.60. The van der Waals surface area contributed by atoms with Gasteiger partial charge in [0.2, 0.25) is 5.91 Å². The molecule has 0 radical (unpaired) electrons. The summed E-state index contributed by atoms with van der Waals surface area (Å²) in [6.45, 7) is 4.08. The Balaban J connectivity index is 2.04. The van der Waals surface area contributed by atoms with Crippen molar-refractivity contribution < 1.29 is 4.79 Å². The van der Waals surface area contributed by atoms with E-state index in [0.717, 1.165) is 18.4 Å². The lowest BCUT2D eigenvalue weighted by Crippen LogP contribution is -2.45. The zero-order chi connectivity index (χ0) is 13.2. The summed E-state index contributed by atoms with van der Waals surface area (Å²) in [5.74, 6) is -0.0454. The lowest BCUT2D eigenvalue weighted by Gasteiger charge is -2.27. The SMILES string of the molecule is CC(C(=O)NC1(C)CCCC1)c1cccc(N)c1. The fraction of sp³-hybridized carbons (Fsp3) is 0.533. The van der Waals surface area contributed by atoms with Crippen LogP contribution in [0.2, 0.25) is 0 Å². The van der Waals surface area contributed by atoms with E-state index in [1.165, 1.54) is 12.8 Å². The molecule has 18 heavy (non-hydrogen) atoms. The Morgan fingerprint density at radius 2 is 2.06 bits per heavy atom. The monoisotopic (exact) mass is 246 g/mol. The van der Waals surface area contributed by atoms with Crippen LogP contribution < -0.4 is 11.1 Å². The van der Waals surface area contributed by atoms with Crippen molar-refractivity contribution in [3.63, 3.8) is 0 Å². The molecular formula is C15H22N2O. The van der Waals surface area contributed by atoms with Crippen molar-refractivity contribution in [3.8, 4) is 0 Å². The van der Waals surface area contributed by atoms with Crippen LogP contribution in [0.1, 0.15) is 51.0 Å². The number of carbonyl (C=O) groups excluding carboxylic acids is 1. The minimum atomic E-state index is -0.147. The molecule has 1 atom stereocenters. The molecule has 1 aromatic carbocycles. The molecule has 1 aliphatic rings. The molecule has 0 saturated heterocycles. The highest BCUT2D eigenvalue weighted by molar-refractivity contribution is 5.84. The van der Waals surface area contributed by atoms with Crippen molar-refractivity contribution >= 4 is 11.6 Å². The highest BCUT2D eigenvalue weighted by Gasteiger charge is 2.31. The van der Waals surface area contributed by atoms with Crippen molar-refractivity contribution in [1.29, 1.82) is 0 Å². The summed E-state index contributed by atoms with van der Waals surface area (Å²) in [4.78, 5) is 12.3. The molecule has 98 valence electrons. The van der Waals surface area contributed by atoms with Crippen LogP contribution in [0.15, 0.2) is 24.3 Å². The second kappa shape index (κ2) is 5.01. The molecule has 3 heteroatoms. The predicted octanol–water partition coefficient (Wildman–Crippen LogP) is 2.82. The van der Waals surface area contributed by atoms with Crippen LogP contribution in [-0.2, 0) is 4.79 Å². The quantitative estimate of drug-likeness (QED) is 0.806. The second-order valence-corrected chi connectivity index (χ2v) is 5.65. The van der Waals surface area contributed by atoms with Gasteiger partial charge in [-0.25, -0.2) is 0 Å². The highest BCUT2D eigenvalue weighted by Crippen LogP contribution is 2.30.